The molecular formula is C45H81O8P. The van der Waals surface area contributed by atoms with Gasteiger partial charge in [0.2, 0.25) is 0 Å². The number of unbranched alkanes of at least 4 members (excludes halogenated alkanes) is 22. The molecule has 0 saturated carbocycles. The Morgan fingerprint density at radius 1 is 0.500 bits per heavy atom. The van der Waals surface area contributed by atoms with Crippen molar-refractivity contribution < 1.29 is 37.9 Å². The number of allylic oxidation sites excluding steroid dienone is 8. The first-order valence-corrected chi connectivity index (χ1v) is 23.5. The molecule has 2 N–H and O–H groups in total. The van der Waals surface area contributed by atoms with Gasteiger partial charge in [-0.25, -0.2) is 4.57 Å². The predicted octanol–water partition coefficient (Wildman–Crippen LogP) is 13.5. The molecule has 0 radical (unpaired) electrons. The summed E-state index contributed by atoms with van der Waals surface area (Å²) in [5.74, 6) is -0.918. The van der Waals surface area contributed by atoms with Crippen LogP contribution in [0.2, 0.25) is 0 Å². The Hall–Kier alpha value is -1.99. The number of hydrogen-bond donors (Lipinski definition) is 2. The number of carbonyl (C=O) groups excluding carboxylic acids is 2. The van der Waals surface area contributed by atoms with Crippen molar-refractivity contribution in [1.29, 1.82) is 0 Å². The van der Waals surface area contributed by atoms with Crippen LogP contribution >= 0.6 is 7.82 Å². The third-order valence-corrected chi connectivity index (χ3v) is 9.82. The fourth-order valence-corrected chi connectivity index (χ4v) is 6.45. The summed E-state index contributed by atoms with van der Waals surface area (Å²) in [4.78, 5) is 42.8. The summed E-state index contributed by atoms with van der Waals surface area (Å²) in [5.41, 5.74) is 0. The molecule has 314 valence electrons. The number of phosphoric ester groups is 1. The molecule has 54 heavy (non-hydrogen) atoms. The van der Waals surface area contributed by atoms with Crippen LogP contribution in [0.25, 0.3) is 0 Å². The molecule has 0 bridgehead atoms. The summed E-state index contributed by atoms with van der Waals surface area (Å²) in [5, 5.41) is 0. The number of phosphoric acid groups is 1. The van der Waals surface area contributed by atoms with Gasteiger partial charge in [-0.2, -0.15) is 0 Å². The van der Waals surface area contributed by atoms with Crippen LogP contribution in [0, 0.1) is 0 Å². The number of rotatable bonds is 40. The largest absolute Gasteiger partial charge is 0.469 e. The van der Waals surface area contributed by atoms with Crippen molar-refractivity contribution in [3.05, 3.63) is 48.6 Å². The van der Waals surface area contributed by atoms with Crippen LogP contribution in [0.3, 0.4) is 0 Å². The average molecular weight is 781 g/mol. The number of esters is 2. The molecule has 0 rings (SSSR count). The van der Waals surface area contributed by atoms with Gasteiger partial charge in [-0.05, 0) is 70.6 Å². The van der Waals surface area contributed by atoms with Gasteiger partial charge in [0.25, 0.3) is 0 Å². The van der Waals surface area contributed by atoms with Gasteiger partial charge < -0.3 is 19.3 Å². The molecule has 0 aromatic carbocycles. The fourth-order valence-electron chi connectivity index (χ4n) is 6.09. The zero-order valence-electron chi connectivity index (χ0n) is 34.6. The van der Waals surface area contributed by atoms with Crippen molar-refractivity contribution in [2.75, 3.05) is 13.2 Å². The SMILES string of the molecule is CC/C=C\C/C=C\C/C=C\CCCCCC(=O)OC(COC(=O)CCCCCCCCCCCCC/C=C\CCCCCCCCCC)COP(=O)(O)O. The maximum absolute atomic E-state index is 12.4. The molecule has 0 amide bonds. The number of carbonyl (C=O) groups is 2. The Balaban J connectivity index is 3.85. The van der Waals surface area contributed by atoms with Crippen LogP contribution in [0.4, 0.5) is 0 Å². The maximum atomic E-state index is 12.4. The van der Waals surface area contributed by atoms with E-state index in [1.54, 1.807) is 0 Å². The minimum atomic E-state index is -4.76. The Morgan fingerprint density at radius 2 is 0.889 bits per heavy atom. The first kappa shape index (κ1) is 52.0. The molecule has 9 heteroatoms. The third kappa shape index (κ3) is 42.7. The zero-order valence-corrected chi connectivity index (χ0v) is 35.5. The predicted molar refractivity (Wildman–Crippen MR) is 225 cm³/mol. The van der Waals surface area contributed by atoms with Crippen LogP contribution in [-0.2, 0) is 28.2 Å². The standard InChI is InChI=1S/C45H81O8P/c1-3-5-7-9-11-13-15-17-18-19-20-21-22-23-24-25-26-28-29-31-33-35-37-39-44(46)51-41-43(42-52-54(48,49)50)53-45(47)40-38-36-34-32-30-27-16-14-12-10-8-6-4-2/h6,8,12,14,19-20,27,30,43H,3-5,7,9-11,13,15-18,21-26,28-29,31-42H2,1-2H3,(H2,48,49,50)/b8-6-,14-12-,20-19-,30-27-. The van der Waals surface area contributed by atoms with E-state index in [2.05, 4.69) is 67.0 Å². The molecule has 0 aromatic rings. The van der Waals surface area contributed by atoms with Crippen LogP contribution in [0.15, 0.2) is 48.6 Å². The Morgan fingerprint density at radius 3 is 1.37 bits per heavy atom. The molecular weight excluding hydrogens is 699 g/mol. The highest BCUT2D eigenvalue weighted by Gasteiger charge is 2.22. The number of ether oxygens (including phenoxy) is 2. The fraction of sp³-hybridized carbons (Fsp3) is 0.778. The third-order valence-electron chi connectivity index (χ3n) is 9.33. The van der Waals surface area contributed by atoms with Gasteiger partial charge in [0.1, 0.15) is 6.61 Å². The first-order valence-electron chi connectivity index (χ1n) is 21.9. The lowest BCUT2D eigenvalue weighted by Gasteiger charge is -2.18. The first-order chi connectivity index (χ1) is 26.3. The topological polar surface area (TPSA) is 119 Å². The molecule has 0 heterocycles. The van der Waals surface area contributed by atoms with E-state index in [0.29, 0.717) is 6.42 Å². The highest BCUT2D eigenvalue weighted by Crippen LogP contribution is 2.36. The second-order valence-corrected chi connectivity index (χ2v) is 15.9. The minimum Gasteiger partial charge on any atom is -0.462 e. The summed E-state index contributed by atoms with van der Waals surface area (Å²) in [6.07, 6.45) is 49.9. The molecule has 1 atom stereocenters. The van der Waals surface area contributed by atoms with Crippen molar-refractivity contribution in [3.8, 4) is 0 Å². The van der Waals surface area contributed by atoms with E-state index >= 15 is 0 Å². The van der Waals surface area contributed by atoms with E-state index in [9.17, 15) is 14.2 Å². The second kappa shape index (κ2) is 40.7. The minimum absolute atomic E-state index is 0.176. The van der Waals surface area contributed by atoms with E-state index < -0.39 is 32.5 Å². The lowest BCUT2D eigenvalue weighted by Crippen LogP contribution is -2.29. The van der Waals surface area contributed by atoms with E-state index in [1.807, 2.05) is 0 Å². The molecule has 0 aromatic heterocycles. The van der Waals surface area contributed by atoms with Gasteiger partial charge in [-0.1, -0.05) is 172 Å². The van der Waals surface area contributed by atoms with Crippen LogP contribution in [-0.4, -0.2) is 41.0 Å². The molecule has 1 unspecified atom stereocenters. The van der Waals surface area contributed by atoms with Crippen LogP contribution < -0.4 is 0 Å². The van der Waals surface area contributed by atoms with E-state index in [4.69, 9.17) is 19.3 Å². The van der Waals surface area contributed by atoms with Gasteiger partial charge in [0.15, 0.2) is 6.10 Å². The van der Waals surface area contributed by atoms with E-state index in [1.165, 1.54) is 116 Å². The Labute approximate surface area is 331 Å². The van der Waals surface area contributed by atoms with Gasteiger partial charge >= 0.3 is 19.8 Å². The van der Waals surface area contributed by atoms with Gasteiger partial charge in [0.05, 0.1) is 6.61 Å². The molecule has 0 aliphatic carbocycles. The van der Waals surface area contributed by atoms with Gasteiger partial charge in [-0.3, -0.25) is 14.1 Å². The highest BCUT2D eigenvalue weighted by atomic mass is 31.2. The molecule has 0 saturated heterocycles. The monoisotopic (exact) mass is 781 g/mol. The number of hydrogen-bond acceptors (Lipinski definition) is 6. The maximum Gasteiger partial charge on any atom is 0.469 e. The summed E-state index contributed by atoms with van der Waals surface area (Å²) < 4.78 is 26.4. The van der Waals surface area contributed by atoms with Crippen molar-refractivity contribution in [2.45, 2.75) is 213 Å². The lowest BCUT2D eigenvalue weighted by atomic mass is 10.0. The quantitative estimate of drug-likeness (QED) is 0.0273. The summed E-state index contributed by atoms with van der Waals surface area (Å²) >= 11 is 0. The molecule has 0 aliphatic rings. The molecule has 0 spiro atoms. The summed E-state index contributed by atoms with van der Waals surface area (Å²) in [6.45, 7) is 3.55. The molecule has 0 fully saturated rings. The van der Waals surface area contributed by atoms with E-state index in [-0.39, 0.29) is 19.4 Å². The summed E-state index contributed by atoms with van der Waals surface area (Å²) in [7, 11) is -4.76. The Bertz CT molecular complexity index is 1020. The lowest BCUT2D eigenvalue weighted by molar-refractivity contribution is -0.161. The second-order valence-electron chi connectivity index (χ2n) is 14.6. The molecule has 0 aliphatic heterocycles. The molecule has 8 nitrogen and oxygen atoms in total. The van der Waals surface area contributed by atoms with Gasteiger partial charge in [0, 0.05) is 12.8 Å². The smallest absolute Gasteiger partial charge is 0.462 e. The van der Waals surface area contributed by atoms with E-state index in [0.717, 1.165) is 57.8 Å². The normalized spacial score (nSPS) is 12.9. The zero-order chi connectivity index (χ0) is 39.6. The van der Waals surface area contributed by atoms with Crippen molar-refractivity contribution in [1.82, 2.24) is 0 Å². The van der Waals surface area contributed by atoms with Crippen LogP contribution in [0.5, 0.6) is 0 Å². The summed E-state index contributed by atoms with van der Waals surface area (Å²) in [6, 6.07) is 0. The van der Waals surface area contributed by atoms with Crippen molar-refractivity contribution in [3.63, 3.8) is 0 Å². The van der Waals surface area contributed by atoms with Crippen LogP contribution in [0.1, 0.15) is 206 Å². The highest BCUT2D eigenvalue weighted by molar-refractivity contribution is 7.46. The van der Waals surface area contributed by atoms with Gasteiger partial charge in [-0.15, -0.1) is 0 Å². The van der Waals surface area contributed by atoms with Crippen molar-refractivity contribution >= 4 is 19.8 Å². The average Bonchev–Trinajstić information content (AvgIpc) is 3.14. The van der Waals surface area contributed by atoms with Crippen molar-refractivity contribution in [2.24, 2.45) is 0 Å². The Kier molecular flexibility index (Phi) is 39.2.